The zero-order valence-corrected chi connectivity index (χ0v) is 9.04. The van der Waals surface area contributed by atoms with Crippen molar-refractivity contribution in [1.29, 1.82) is 0 Å². The van der Waals surface area contributed by atoms with Crippen LogP contribution in [0.15, 0.2) is 24.5 Å². The van der Waals surface area contributed by atoms with Gasteiger partial charge >= 0.3 is 0 Å². The highest BCUT2D eigenvalue weighted by atomic mass is 35.5. The summed E-state index contributed by atoms with van der Waals surface area (Å²) in [5, 5.41) is 5.10. The van der Waals surface area contributed by atoms with Crippen molar-refractivity contribution in [3.63, 3.8) is 0 Å². The molecule has 0 saturated carbocycles. The number of hydrogen-bond acceptors (Lipinski definition) is 2. The number of rotatable bonds is 2. The van der Waals surface area contributed by atoms with E-state index in [1.54, 1.807) is 6.20 Å². The lowest BCUT2D eigenvalue weighted by molar-refractivity contribution is 0.310. The van der Waals surface area contributed by atoms with E-state index in [0.717, 1.165) is 36.6 Å². The van der Waals surface area contributed by atoms with Gasteiger partial charge < -0.3 is 9.88 Å². The van der Waals surface area contributed by atoms with E-state index in [1.165, 1.54) is 0 Å². The molecule has 0 bridgehead atoms. The summed E-state index contributed by atoms with van der Waals surface area (Å²) in [5.74, 6) is 0.748. The van der Waals surface area contributed by atoms with Gasteiger partial charge in [0.25, 0.3) is 0 Å². The lowest BCUT2D eigenvalue weighted by atomic mass is 10.0. The number of hydrogen-bond donors (Lipinski definition) is 1. The third-order valence-corrected chi connectivity index (χ3v) is 3.10. The molecule has 0 spiro atoms. The molecule has 4 heteroatoms. The molecule has 1 N–H and O–H groups in total. The SMILES string of the molecule is Clc1cnc2c(ccn2CC2CNC2)c1. The molecule has 1 fully saturated rings. The van der Waals surface area contributed by atoms with Crippen LogP contribution < -0.4 is 5.32 Å². The zero-order chi connectivity index (χ0) is 10.3. The van der Waals surface area contributed by atoms with Crippen LogP contribution in [-0.2, 0) is 6.54 Å². The van der Waals surface area contributed by atoms with Crippen molar-refractivity contribution in [3.05, 3.63) is 29.5 Å². The molecule has 1 saturated heterocycles. The predicted molar refractivity (Wildman–Crippen MR) is 61.1 cm³/mol. The fourth-order valence-corrected chi connectivity index (χ4v) is 2.12. The van der Waals surface area contributed by atoms with Gasteiger partial charge in [0.05, 0.1) is 5.02 Å². The summed E-state index contributed by atoms with van der Waals surface area (Å²) in [4.78, 5) is 4.36. The summed E-state index contributed by atoms with van der Waals surface area (Å²) in [5.41, 5.74) is 1.03. The molecule has 0 amide bonds. The lowest BCUT2D eigenvalue weighted by Gasteiger charge is -2.27. The summed E-state index contributed by atoms with van der Waals surface area (Å²) < 4.78 is 2.21. The monoisotopic (exact) mass is 221 g/mol. The van der Waals surface area contributed by atoms with Crippen LogP contribution in [0, 0.1) is 5.92 Å². The van der Waals surface area contributed by atoms with Gasteiger partial charge in [-0.1, -0.05) is 11.6 Å². The third kappa shape index (κ3) is 1.62. The Labute approximate surface area is 93.1 Å². The average molecular weight is 222 g/mol. The average Bonchev–Trinajstić information content (AvgIpc) is 2.54. The largest absolute Gasteiger partial charge is 0.332 e. The van der Waals surface area contributed by atoms with Crippen molar-refractivity contribution in [2.75, 3.05) is 13.1 Å². The molecule has 0 atom stereocenters. The van der Waals surface area contributed by atoms with E-state index in [-0.39, 0.29) is 0 Å². The summed E-state index contributed by atoms with van der Waals surface area (Å²) in [6.07, 6.45) is 3.80. The number of aromatic nitrogens is 2. The van der Waals surface area contributed by atoms with Crippen LogP contribution in [0.2, 0.25) is 5.02 Å². The first-order valence-electron chi connectivity index (χ1n) is 5.14. The van der Waals surface area contributed by atoms with E-state index >= 15 is 0 Å². The van der Waals surface area contributed by atoms with Crippen LogP contribution in [0.1, 0.15) is 0 Å². The number of halogens is 1. The van der Waals surface area contributed by atoms with Gasteiger partial charge in [-0.3, -0.25) is 0 Å². The Morgan fingerprint density at radius 2 is 2.40 bits per heavy atom. The summed E-state index contributed by atoms with van der Waals surface area (Å²) >= 11 is 5.89. The molecule has 0 unspecified atom stereocenters. The highest BCUT2D eigenvalue weighted by Gasteiger charge is 2.17. The van der Waals surface area contributed by atoms with Gasteiger partial charge in [0, 0.05) is 43.3 Å². The van der Waals surface area contributed by atoms with Gasteiger partial charge in [-0.2, -0.15) is 0 Å². The van der Waals surface area contributed by atoms with Crippen LogP contribution in [0.4, 0.5) is 0 Å². The standard InChI is InChI=1S/C11H12ClN3/c12-10-3-9-1-2-15(11(9)14-6-10)7-8-4-13-5-8/h1-3,6,8,13H,4-5,7H2. The predicted octanol–water partition coefficient (Wildman–Crippen LogP) is 1.91. The molecule has 2 aromatic rings. The molecule has 1 aliphatic heterocycles. The summed E-state index contributed by atoms with van der Waals surface area (Å²) in [6, 6.07) is 4.03. The second kappa shape index (κ2) is 3.51. The quantitative estimate of drug-likeness (QED) is 0.840. The highest BCUT2D eigenvalue weighted by molar-refractivity contribution is 6.31. The van der Waals surface area contributed by atoms with Gasteiger partial charge in [-0.05, 0) is 12.1 Å². The molecule has 78 valence electrons. The fraction of sp³-hybridized carbons (Fsp3) is 0.364. The van der Waals surface area contributed by atoms with E-state index < -0.39 is 0 Å². The summed E-state index contributed by atoms with van der Waals surface area (Å²) in [6.45, 7) is 3.28. The molecule has 3 rings (SSSR count). The molecule has 3 nitrogen and oxygen atoms in total. The minimum absolute atomic E-state index is 0.700. The lowest BCUT2D eigenvalue weighted by Crippen LogP contribution is -2.44. The van der Waals surface area contributed by atoms with Crippen molar-refractivity contribution < 1.29 is 0 Å². The Morgan fingerprint density at radius 1 is 1.53 bits per heavy atom. The third-order valence-electron chi connectivity index (χ3n) is 2.89. The maximum Gasteiger partial charge on any atom is 0.139 e. The molecule has 1 aliphatic rings. The maximum absolute atomic E-state index is 5.89. The van der Waals surface area contributed by atoms with E-state index in [1.807, 2.05) is 6.07 Å². The molecular formula is C11H12ClN3. The van der Waals surface area contributed by atoms with Gasteiger partial charge in [0.15, 0.2) is 0 Å². The topological polar surface area (TPSA) is 29.9 Å². The molecule has 0 aliphatic carbocycles. The molecule has 0 aromatic carbocycles. The Bertz CT molecular complexity index is 488. The normalized spacial score (nSPS) is 16.9. The minimum atomic E-state index is 0.700. The maximum atomic E-state index is 5.89. The molecule has 15 heavy (non-hydrogen) atoms. The van der Waals surface area contributed by atoms with E-state index in [0.29, 0.717) is 5.02 Å². The highest BCUT2D eigenvalue weighted by Crippen LogP contribution is 2.19. The first-order chi connectivity index (χ1) is 7.33. The van der Waals surface area contributed by atoms with Crippen LogP contribution in [-0.4, -0.2) is 22.6 Å². The second-order valence-electron chi connectivity index (χ2n) is 4.06. The Kier molecular flexibility index (Phi) is 2.15. The number of pyridine rings is 1. The van der Waals surface area contributed by atoms with Gasteiger partial charge in [0.2, 0.25) is 0 Å². The van der Waals surface area contributed by atoms with Crippen molar-refractivity contribution in [3.8, 4) is 0 Å². The number of fused-ring (bicyclic) bond motifs is 1. The van der Waals surface area contributed by atoms with E-state index in [2.05, 4.69) is 27.1 Å². The molecular weight excluding hydrogens is 210 g/mol. The van der Waals surface area contributed by atoms with Crippen LogP contribution in [0.25, 0.3) is 11.0 Å². The van der Waals surface area contributed by atoms with Crippen LogP contribution in [0.3, 0.4) is 0 Å². The summed E-state index contributed by atoms with van der Waals surface area (Å²) in [7, 11) is 0. The van der Waals surface area contributed by atoms with Crippen molar-refractivity contribution in [1.82, 2.24) is 14.9 Å². The molecule has 2 aromatic heterocycles. The first-order valence-corrected chi connectivity index (χ1v) is 5.52. The Hall–Kier alpha value is -1.06. The van der Waals surface area contributed by atoms with Crippen LogP contribution in [0.5, 0.6) is 0 Å². The Balaban J connectivity index is 1.96. The van der Waals surface area contributed by atoms with Gasteiger partial charge in [-0.25, -0.2) is 4.98 Å². The minimum Gasteiger partial charge on any atom is -0.332 e. The number of nitrogens with one attached hydrogen (secondary N) is 1. The molecule has 0 radical (unpaired) electrons. The van der Waals surface area contributed by atoms with E-state index in [4.69, 9.17) is 11.6 Å². The fourth-order valence-electron chi connectivity index (χ4n) is 1.95. The van der Waals surface area contributed by atoms with Crippen molar-refractivity contribution in [2.24, 2.45) is 5.92 Å². The van der Waals surface area contributed by atoms with Crippen molar-refractivity contribution >= 4 is 22.6 Å². The second-order valence-corrected chi connectivity index (χ2v) is 4.50. The van der Waals surface area contributed by atoms with Gasteiger partial charge in [0.1, 0.15) is 5.65 Å². The van der Waals surface area contributed by atoms with Crippen LogP contribution >= 0.6 is 11.6 Å². The number of nitrogens with zero attached hydrogens (tertiary/aromatic N) is 2. The zero-order valence-electron chi connectivity index (χ0n) is 8.28. The first kappa shape index (κ1) is 9.19. The Morgan fingerprint density at radius 3 is 3.13 bits per heavy atom. The van der Waals surface area contributed by atoms with Gasteiger partial charge in [-0.15, -0.1) is 0 Å². The van der Waals surface area contributed by atoms with Crippen molar-refractivity contribution in [2.45, 2.75) is 6.54 Å². The van der Waals surface area contributed by atoms with E-state index in [9.17, 15) is 0 Å². The smallest absolute Gasteiger partial charge is 0.139 e. The molecule has 3 heterocycles.